The molecule has 14 rings (SSSR count). The summed E-state index contributed by atoms with van der Waals surface area (Å²) in [5.41, 5.74) is 9.01. The summed E-state index contributed by atoms with van der Waals surface area (Å²) in [6.07, 6.45) is 18.3. The van der Waals surface area contributed by atoms with Gasteiger partial charge < -0.3 is 30.4 Å². The number of hydrogen-bond donors (Lipinski definition) is 4. The third-order valence-corrected chi connectivity index (χ3v) is 14.4. The van der Waals surface area contributed by atoms with Gasteiger partial charge in [0.15, 0.2) is 0 Å². The van der Waals surface area contributed by atoms with E-state index in [4.69, 9.17) is 19.9 Å². The molecule has 0 radical (unpaired) electrons. The van der Waals surface area contributed by atoms with Crippen molar-refractivity contribution in [1.82, 2.24) is 39.0 Å². The normalized spacial score (nSPS) is 28.4. The van der Waals surface area contributed by atoms with E-state index in [2.05, 4.69) is 52.8 Å². The number of rotatable bonds is 10. The Balaban J connectivity index is 0.000000136. The van der Waals surface area contributed by atoms with Gasteiger partial charge in [-0.25, -0.2) is 28.7 Å². The molecule has 0 spiro atoms. The van der Waals surface area contributed by atoms with Gasteiger partial charge in [-0.3, -0.25) is 0 Å². The second kappa shape index (κ2) is 13.3. The zero-order valence-electron chi connectivity index (χ0n) is 34.5. The maximum atomic E-state index is 13.8. The van der Waals surface area contributed by atoms with Crippen LogP contribution in [-0.2, 0) is 23.9 Å². The molecule has 0 amide bonds. The van der Waals surface area contributed by atoms with E-state index in [-0.39, 0.29) is 45.6 Å². The van der Waals surface area contributed by atoms with Crippen molar-refractivity contribution in [3.63, 3.8) is 0 Å². The van der Waals surface area contributed by atoms with E-state index < -0.39 is 0 Å². The van der Waals surface area contributed by atoms with Crippen LogP contribution in [-0.4, -0.2) is 64.2 Å². The summed E-state index contributed by atoms with van der Waals surface area (Å²) in [7, 11) is 3.80. The van der Waals surface area contributed by atoms with Crippen LogP contribution in [0.3, 0.4) is 0 Å². The number of aromatic nitrogens is 8. The lowest BCUT2D eigenvalue weighted by atomic mass is 9.44. The highest BCUT2D eigenvalue weighted by molar-refractivity contribution is 5.58. The number of halogens is 2. The molecule has 4 aromatic heterocycles. The predicted octanol–water partition coefficient (Wildman–Crippen LogP) is 7.97. The molecule has 60 heavy (non-hydrogen) atoms. The summed E-state index contributed by atoms with van der Waals surface area (Å²) in [5.74, 6) is 2.94. The monoisotopic (exact) mass is 808 g/mol. The van der Waals surface area contributed by atoms with Gasteiger partial charge >= 0.3 is 0 Å². The van der Waals surface area contributed by atoms with Gasteiger partial charge in [-0.2, -0.15) is 9.97 Å². The van der Waals surface area contributed by atoms with Gasteiger partial charge in [0, 0.05) is 60.5 Å². The van der Waals surface area contributed by atoms with Crippen molar-refractivity contribution in [3.8, 4) is 0 Å². The average Bonchev–Trinajstić information content (AvgIpc) is 4.00. The topological polar surface area (TPSA) is 135 Å². The molecule has 0 aliphatic heterocycles. The number of hydrogen-bond acceptors (Lipinski definition) is 10. The van der Waals surface area contributed by atoms with Crippen LogP contribution in [0.2, 0.25) is 0 Å². The Morgan fingerprint density at radius 1 is 0.600 bits per heavy atom. The highest BCUT2D eigenvalue weighted by Crippen LogP contribution is 2.67. The van der Waals surface area contributed by atoms with E-state index in [9.17, 15) is 8.78 Å². The quantitative estimate of drug-likeness (QED) is 0.108. The summed E-state index contributed by atoms with van der Waals surface area (Å²) in [4.78, 5) is 28.2. The summed E-state index contributed by atoms with van der Waals surface area (Å²) in [5, 5.41) is 13.8. The Morgan fingerprint density at radius 3 is 1.37 bits per heavy atom. The third kappa shape index (κ3) is 5.88. The molecule has 0 saturated heterocycles. The number of imidazole rings is 2. The number of nitrogens with one attached hydrogen (secondary N) is 4. The number of benzene rings is 2. The average molecular weight is 809 g/mol. The standard InChI is InChI=1S/2C23H25FN6/c2*1-14-9-30(13-26-14)23-10-22(11-23,12-23)29-21-27-19-17(15-4-3-5-16(24)8-15)6-7-18(19)20(25-2)28-21/h2*3-5,8-9,13,17H,6-7,10-12H2,1-2H3,(H2,25,27,28,29)/t2*17-,22?,23?/m10/s1. The van der Waals surface area contributed by atoms with E-state index in [1.807, 2.05) is 52.7 Å². The molecule has 308 valence electrons. The summed E-state index contributed by atoms with van der Waals surface area (Å²) in [6.45, 7) is 4.06. The Bertz CT molecular complexity index is 2450. The van der Waals surface area contributed by atoms with E-state index in [1.54, 1.807) is 24.3 Å². The van der Waals surface area contributed by atoms with Crippen LogP contribution < -0.4 is 21.3 Å². The smallest absolute Gasteiger partial charge is 0.225 e. The maximum Gasteiger partial charge on any atom is 0.225 e. The van der Waals surface area contributed by atoms with Crippen molar-refractivity contribution < 1.29 is 8.78 Å². The van der Waals surface area contributed by atoms with Crippen molar-refractivity contribution in [2.75, 3.05) is 35.4 Å². The molecule has 8 aliphatic rings. The van der Waals surface area contributed by atoms with Gasteiger partial charge in [0.2, 0.25) is 11.9 Å². The second-order valence-corrected chi connectivity index (χ2v) is 18.5. The molecule has 6 saturated carbocycles. The van der Waals surface area contributed by atoms with Gasteiger partial charge in [0.1, 0.15) is 23.3 Å². The minimum atomic E-state index is -0.198. The molecule has 2 atom stereocenters. The predicted molar refractivity (Wildman–Crippen MR) is 227 cm³/mol. The zero-order chi connectivity index (χ0) is 41.0. The fourth-order valence-electron chi connectivity index (χ4n) is 11.7. The van der Waals surface area contributed by atoms with Crippen LogP contribution in [0.5, 0.6) is 0 Å². The second-order valence-electron chi connectivity index (χ2n) is 18.5. The highest BCUT2D eigenvalue weighted by Gasteiger charge is 2.70. The molecule has 4 bridgehead atoms. The number of fused-ring (bicyclic) bond motifs is 2. The molecule has 4 N–H and O–H groups in total. The van der Waals surface area contributed by atoms with Gasteiger partial charge in [-0.1, -0.05) is 24.3 Å². The number of aryl methyl sites for hydroxylation is 2. The van der Waals surface area contributed by atoms with Gasteiger partial charge in [0.05, 0.1) is 46.5 Å². The fraction of sp³-hybridized carbons (Fsp3) is 0.435. The highest BCUT2D eigenvalue weighted by atomic mass is 19.1. The lowest BCUT2D eigenvalue weighted by Crippen LogP contribution is -2.75. The lowest BCUT2D eigenvalue weighted by molar-refractivity contribution is -0.101. The molecule has 0 unspecified atom stereocenters. The van der Waals surface area contributed by atoms with E-state index >= 15 is 0 Å². The maximum absolute atomic E-state index is 13.8. The first-order valence-corrected chi connectivity index (χ1v) is 21.3. The largest absolute Gasteiger partial charge is 0.373 e. The first-order chi connectivity index (χ1) is 29.0. The minimum absolute atomic E-state index is 0.0738. The fourth-order valence-corrected chi connectivity index (χ4v) is 11.7. The van der Waals surface area contributed by atoms with Gasteiger partial charge in [-0.05, 0) is 113 Å². The van der Waals surface area contributed by atoms with Crippen molar-refractivity contribution in [3.05, 3.63) is 130 Å². The van der Waals surface area contributed by atoms with Crippen LogP contribution in [0.25, 0.3) is 0 Å². The van der Waals surface area contributed by atoms with Crippen molar-refractivity contribution in [2.45, 2.75) is 112 Å². The van der Waals surface area contributed by atoms with E-state index in [0.29, 0.717) is 11.9 Å². The summed E-state index contributed by atoms with van der Waals surface area (Å²) in [6, 6.07) is 13.8. The van der Waals surface area contributed by atoms with E-state index in [1.165, 1.54) is 12.1 Å². The molecular weight excluding hydrogens is 759 g/mol. The molecular formula is C46H50F2N12. The molecule has 2 aromatic carbocycles. The zero-order valence-corrected chi connectivity index (χ0v) is 34.5. The third-order valence-electron chi connectivity index (χ3n) is 14.4. The summed E-state index contributed by atoms with van der Waals surface area (Å²) >= 11 is 0. The molecule has 6 aromatic rings. The Labute approximate surface area is 348 Å². The molecule has 6 fully saturated rings. The van der Waals surface area contributed by atoms with Crippen LogP contribution in [0.1, 0.15) is 108 Å². The first-order valence-electron chi connectivity index (χ1n) is 21.3. The Morgan fingerprint density at radius 2 is 1.02 bits per heavy atom. The van der Waals surface area contributed by atoms with Crippen molar-refractivity contribution in [2.24, 2.45) is 0 Å². The van der Waals surface area contributed by atoms with Gasteiger partial charge in [0.25, 0.3) is 0 Å². The van der Waals surface area contributed by atoms with Crippen LogP contribution >= 0.6 is 0 Å². The molecule has 4 heterocycles. The first kappa shape index (κ1) is 37.1. The lowest BCUT2D eigenvalue weighted by Gasteiger charge is -2.70. The van der Waals surface area contributed by atoms with Crippen LogP contribution in [0, 0.1) is 25.5 Å². The number of nitrogens with zero attached hydrogens (tertiary/aromatic N) is 8. The van der Waals surface area contributed by atoms with Gasteiger partial charge in [-0.15, -0.1) is 0 Å². The van der Waals surface area contributed by atoms with E-state index in [0.717, 1.165) is 121 Å². The molecule has 12 nitrogen and oxygen atoms in total. The number of anilines is 4. The summed E-state index contributed by atoms with van der Waals surface area (Å²) < 4.78 is 32.2. The molecule has 14 heteroatoms. The molecule has 8 aliphatic carbocycles. The van der Waals surface area contributed by atoms with Crippen LogP contribution in [0.15, 0.2) is 73.6 Å². The van der Waals surface area contributed by atoms with Crippen LogP contribution in [0.4, 0.5) is 32.3 Å². The van der Waals surface area contributed by atoms with Crippen molar-refractivity contribution in [1.29, 1.82) is 0 Å². The SMILES string of the molecule is CNc1nc(NC23CC(n4cnc(C)c4)(C2)C3)nc2c1CC[C@@H]2c1cccc(F)c1.CNc1nc(NC23CC(n4cnc(C)c4)(C2)C3)nc2c1CC[C@H]2c1cccc(F)c1. The van der Waals surface area contributed by atoms with Crippen molar-refractivity contribution >= 4 is 23.5 Å². The Kier molecular flexibility index (Phi) is 8.22. The Hall–Kier alpha value is -5.92. The minimum Gasteiger partial charge on any atom is -0.373 e.